The topological polar surface area (TPSA) is 54.4 Å². The summed E-state index contributed by atoms with van der Waals surface area (Å²) in [6.07, 6.45) is 3.36. The normalized spacial score (nSPS) is 10.3. The van der Waals surface area contributed by atoms with Crippen LogP contribution in [0.1, 0.15) is 18.9 Å². The summed E-state index contributed by atoms with van der Waals surface area (Å²) in [5, 5.41) is 12.3. The number of nitrogens with zero attached hydrogens (tertiary/aromatic N) is 1. The molecule has 0 aliphatic rings. The Morgan fingerprint density at radius 3 is 2.90 bits per heavy atom. The van der Waals surface area contributed by atoms with Crippen molar-refractivity contribution in [3.8, 4) is 11.5 Å². The number of hydrogen-bond acceptors (Lipinski definition) is 4. The minimum absolute atomic E-state index is 0.111. The van der Waals surface area contributed by atoms with Gasteiger partial charge in [0.1, 0.15) is 17.3 Å². The van der Waals surface area contributed by atoms with Crippen molar-refractivity contribution in [2.24, 2.45) is 0 Å². The van der Waals surface area contributed by atoms with E-state index in [1.54, 1.807) is 6.20 Å². The number of pyridine rings is 1. The van der Waals surface area contributed by atoms with Crippen molar-refractivity contribution in [2.45, 2.75) is 19.8 Å². The van der Waals surface area contributed by atoms with Gasteiger partial charge in [0.25, 0.3) is 0 Å². The van der Waals surface area contributed by atoms with Crippen molar-refractivity contribution in [2.75, 3.05) is 18.5 Å². The molecule has 0 spiro atoms. The van der Waals surface area contributed by atoms with E-state index in [9.17, 15) is 0 Å². The molecule has 0 saturated heterocycles. The van der Waals surface area contributed by atoms with Gasteiger partial charge in [0.05, 0.1) is 0 Å². The van der Waals surface area contributed by atoms with E-state index >= 15 is 0 Å². The Balaban J connectivity index is 2.13. The number of hydrogen-bond donors (Lipinski definition) is 2. The summed E-state index contributed by atoms with van der Waals surface area (Å²) in [5.74, 6) is 2.32. The highest BCUT2D eigenvalue weighted by Crippen LogP contribution is 2.26. The van der Waals surface area contributed by atoms with Crippen LogP contribution in [0.2, 0.25) is 0 Å². The maximum Gasteiger partial charge on any atom is 0.132 e. The van der Waals surface area contributed by atoms with E-state index in [-0.39, 0.29) is 6.61 Å². The Bertz CT molecular complexity index is 544. The molecule has 0 bridgehead atoms. The summed E-state index contributed by atoms with van der Waals surface area (Å²) in [5.41, 5.74) is 0.995. The van der Waals surface area contributed by atoms with E-state index in [2.05, 4.69) is 17.2 Å². The second-order valence-electron chi connectivity index (χ2n) is 4.49. The predicted molar refractivity (Wildman–Crippen MR) is 80.3 cm³/mol. The molecule has 1 aromatic carbocycles. The van der Waals surface area contributed by atoms with Crippen LogP contribution in [0.4, 0.5) is 5.82 Å². The van der Waals surface area contributed by atoms with Crippen LogP contribution >= 0.6 is 0 Å². The van der Waals surface area contributed by atoms with Gasteiger partial charge in [-0.05, 0) is 30.5 Å². The summed E-state index contributed by atoms with van der Waals surface area (Å²) in [4.78, 5) is 4.25. The quantitative estimate of drug-likeness (QED) is 0.812. The highest BCUT2D eigenvalue weighted by molar-refractivity contribution is 5.44. The molecule has 106 valence electrons. The predicted octanol–water partition coefficient (Wildman–Crippen LogP) is 3.23. The SMILES string of the molecule is CCCNc1cc(Oc2ccccc2CCO)ccn1. The zero-order valence-corrected chi connectivity index (χ0v) is 11.7. The zero-order chi connectivity index (χ0) is 14.2. The number of aromatic nitrogens is 1. The minimum Gasteiger partial charge on any atom is -0.457 e. The Morgan fingerprint density at radius 2 is 2.10 bits per heavy atom. The second kappa shape index (κ2) is 7.50. The molecule has 20 heavy (non-hydrogen) atoms. The fourth-order valence-corrected chi connectivity index (χ4v) is 1.88. The highest BCUT2D eigenvalue weighted by Gasteiger charge is 2.05. The molecular weight excluding hydrogens is 252 g/mol. The highest BCUT2D eigenvalue weighted by atomic mass is 16.5. The monoisotopic (exact) mass is 272 g/mol. The van der Waals surface area contributed by atoms with Crippen LogP contribution in [-0.4, -0.2) is 23.2 Å². The fraction of sp³-hybridized carbons (Fsp3) is 0.312. The van der Waals surface area contributed by atoms with Gasteiger partial charge >= 0.3 is 0 Å². The van der Waals surface area contributed by atoms with E-state index in [0.29, 0.717) is 6.42 Å². The molecule has 0 amide bonds. The molecule has 2 rings (SSSR count). The van der Waals surface area contributed by atoms with Crippen LogP contribution < -0.4 is 10.1 Å². The van der Waals surface area contributed by atoms with Crippen LogP contribution in [0.3, 0.4) is 0 Å². The molecule has 2 aromatic rings. The summed E-state index contributed by atoms with van der Waals surface area (Å²) in [6, 6.07) is 11.4. The molecule has 0 saturated carbocycles. The smallest absolute Gasteiger partial charge is 0.132 e. The lowest BCUT2D eigenvalue weighted by molar-refractivity contribution is 0.298. The average Bonchev–Trinajstić information content (AvgIpc) is 2.48. The summed E-state index contributed by atoms with van der Waals surface area (Å²) < 4.78 is 5.89. The molecule has 2 N–H and O–H groups in total. The van der Waals surface area contributed by atoms with Gasteiger partial charge < -0.3 is 15.2 Å². The van der Waals surface area contributed by atoms with Gasteiger partial charge in [-0.2, -0.15) is 0 Å². The molecule has 0 aliphatic carbocycles. The van der Waals surface area contributed by atoms with E-state index in [1.807, 2.05) is 36.4 Å². The third-order valence-electron chi connectivity index (χ3n) is 2.87. The first-order valence-electron chi connectivity index (χ1n) is 6.90. The lowest BCUT2D eigenvalue weighted by Gasteiger charge is -2.11. The Hall–Kier alpha value is -2.07. The molecule has 1 heterocycles. The molecule has 0 unspecified atom stereocenters. The van der Waals surface area contributed by atoms with Crippen LogP contribution in [0, 0.1) is 0 Å². The van der Waals surface area contributed by atoms with E-state index in [0.717, 1.165) is 35.8 Å². The minimum atomic E-state index is 0.111. The molecule has 4 nitrogen and oxygen atoms in total. The van der Waals surface area contributed by atoms with Gasteiger partial charge in [0, 0.05) is 25.4 Å². The van der Waals surface area contributed by atoms with Crippen molar-refractivity contribution in [3.63, 3.8) is 0 Å². The van der Waals surface area contributed by atoms with Crippen LogP contribution in [0.15, 0.2) is 42.6 Å². The van der Waals surface area contributed by atoms with Crippen LogP contribution in [-0.2, 0) is 6.42 Å². The second-order valence-corrected chi connectivity index (χ2v) is 4.49. The van der Waals surface area contributed by atoms with Crippen LogP contribution in [0.25, 0.3) is 0 Å². The van der Waals surface area contributed by atoms with Crippen molar-refractivity contribution in [1.82, 2.24) is 4.98 Å². The third kappa shape index (κ3) is 3.96. The summed E-state index contributed by atoms with van der Waals surface area (Å²) in [7, 11) is 0. The van der Waals surface area contributed by atoms with Crippen molar-refractivity contribution in [3.05, 3.63) is 48.2 Å². The Kier molecular flexibility index (Phi) is 5.38. The number of aliphatic hydroxyl groups excluding tert-OH is 1. The molecule has 0 atom stereocenters. The van der Waals surface area contributed by atoms with Gasteiger partial charge in [0.2, 0.25) is 0 Å². The lowest BCUT2D eigenvalue weighted by atomic mass is 10.1. The number of ether oxygens (including phenoxy) is 1. The first-order valence-corrected chi connectivity index (χ1v) is 6.90. The molecule has 0 fully saturated rings. The molecule has 0 aliphatic heterocycles. The van der Waals surface area contributed by atoms with Gasteiger partial charge in [0.15, 0.2) is 0 Å². The molecule has 4 heteroatoms. The number of nitrogens with one attached hydrogen (secondary N) is 1. The first-order chi connectivity index (χ1) is 9.83. The Morgan fingerprint density at radius 1 is 1.25 bits per heavy atom. The third-order valence-corrected chi connectivity index (χ3v) is 2.87. The number of aliphatic hydroxyl groups is 1. The first kappa shape index (κ1) is 14.3. The average molecular weight is 272 g/mol. The Labute approximate surface area is 119 Å². The van der Waals surface area contributed by atoms with Gasteiger partial charge in [-0.3, -0.25) is 0 Å². The van der Waals surface area contributed by atoms with Crippen molar-refractivity contribution < 1.29 is 9.84 Å². The number of rotatable bonds is 7. The van der Waals surface area contributed by atoms with Gasteiger partial charge in [-0.1, -0.05) is 25.1 Å². The number of anilines is 1. The van der Waals surface area contributed by atoms with E-state index in [1.165, 1.54) is 0 Å². The number of para-hydroxylation sites is 1. The molecular formula is C16H20N2O2. The fourth-order valence-electron chi connectivity index (χ4n) is 1.88. The lowest BCUT2D eigenvalue weighted by Crippen LogP contribution is -2.01. The maximum atomic E-state index is 9.08. The summed E-state index contributed by atoms with van der Waals surface area (Å²) >= 11 is 0. The molecule has 0 radical (unpaired) electrons. The standard InChI is InChI=1S/C16H20N2O2/c1-2-9-17-16-12-14(7-10-18-16)20-15-6-4-3-5-13(15)8-11-19/h3-7,10,12,19H,2,8-9,11H2,1H3,(H,17,18). The number of benzene rings is 1. The van der Waals surface area contributed by atoms with Gasteiger partial charge in [-0.25, -0.2) is 4.98 Å². The van der Waals surface area contributed by atoms with Gasteiger partial charge in [-0.15, -0.1) is 0 Å². The van der Waals surface area contributed by atoms with Crippen molar-refractivity contribution >= 4 is 5.82 Å². The molecule has 1 aromatic heterocycles. The van der Waals surface area contributed by atoms with E-state index in [4.69, 9.17) is 9.84 Å². The van der Waals surface area contributed by atoms with E-state index < -0.39 is 0 Å². The van der Waals surface area contributed by atoms with Crippen LogP contribution in [0.5, 0.6) is 11.5 Å². The summed E-state index contributed by atoms with van der Waals surface area (Å²) in [6.45, 7) is 3.11. The largest absolute Gasteiger partial charge is 0.457 e. The van der Waals surface area contributed by atoms with Crippen molar-refractivity contribution in [1.29, 1.82) is 0 Å². The zero-order valence-electron chi connectivity index (χ0n) is 11.7. The maximum absolute atomic E-state index is 9.08.